The van der Waals surface area contributed by atoms with E-state index in [1.165, 1.54) is 122 Å². The summed E-state index contributed by atoms with van der Waals surface area (Å²) in [5.74, 6) is 0.0684. The van der Waals surface area contributed by atoms with Gasteiger partial charge in [0.15, 0.2) is 0 Å². The Balaban J connectivity index is 3.90. The quantitative estimate of drug-likeness (QED) is 0.133. The van der Waals surface area contributed by atoms with Gasteiger partial charge in [0.1, 0.15) is 0 Å². The molecule has 0 bridgehead atoms. The molecule has 0 aromatic carbocycles. The molecule has 0 radical (unpaired) electrons. The van der Waals surface area contributed by atoms with E-state index in [1.807, 2.05) is 0 Å². The van der Waals surface area contributed by atoms with Crippen LogP contribution < -0.4 is 0 Å². The van der Waals surface area contributed by atoms with Crippen LogP contribution in [0.3, 0.4) is 0 Å². The standard InChI is InChI=1S/C29H59NO2/c1-4-6-8-10-12-14-15-17-19-21-25-30(26-22-24-29(31)32)27-28(3)23-20-18-16-13-11-9-7-5-2/h28H,4-27H2,1-3H3,(H,31,32). The molecule has 0 aliphatic carbocycles. The highest BCUT2D eigenvalue weighted by atomic mass is 16.4. The van der Waals surface area contributed by atoms with Crippen molar-refractivity contribution in [3.63, 3.8) is 0 Å². The Morgan fingerprint density at radius 2 is 1.03 bits per heavy atom. The molecule has 0 heterocycles. The van der Waals surface area contributed by atoms with E-state index < -0.39 is 5.97 Å². The fourth-order valence-corrected chi connectivity index (χ4v) is 4.73. The van der Waals surface area contributed by atoms with E-state index >= 15 is 0 Å². The zero-order valence-corrected chi connectivity index (χ0v) is 22.4. The Morgan fingerprint density at radius 3 is 1.50 bits per heavy atom. The molecule has 0 aliphatic heterocycles. The lowest BCUT2D eigenvalue weighted by Gasteiger charge is -2.25. The normalized spacial score (nSPS) is 12.5. The van der Waals surface area contributed by atoms with Crippen LogP contribution in [0.2, 0.25) is 0 Å². The van der Waals surface area contributed by atoms with E-state index in [1.54, 1.807) is 0 Å². The molecular formula is C29H59NO2. The highest BCUT2D eigenvalue weighted by Gasteiger charge is 2.11. The van der Waals surface area contributed by atoms with Gasteiger partial charge in [0.25, 0.3) is 0 Å². The Morgan fingerprint density at radius 1 is 0.625 bits per heavy atom. The average Bonchev–Trinajstić information content (AvgIpc) is 2.76. The molecule has 0 saturated carbocycles. The molecule has 0 saturated heterocycles. The lowest BCUT2D eigenvalue weighted by atomic mass is 10.0. The molecule has 1 atom stereocenters. The van der Waals surface area contributed by atoms with Crippen LogP contribution in [-0.4, -0.2) is 35.6 Å². The summed E-state index contributed by atoms with van der Waals surface area (Å²) >= 11 is 0. The van der Waals surface area contributed by atoms with Crippen molar-refractivity contribution in [3.05, 3.63) is 0 Å². The highest BCUT2D eigenvalue weighted by Crippen LogP contribution is 2.16. The molecule has 0 fully saturated rings. The molecule has 3 heteroatoms. The number of carboxylic acid groups (broad SMARTS) is 1. The van der Waals surface area contributed by atoms with Crippen LogP contribution in [0, 0.1) is 5.92 Å². The third-order valence-electron chi connectivity index (χ3n) is 6.81. The van der Waals surface area contributed by atoms with Crippen molar-refractivity contribution < 1.29 is 9.90 Å². The first-order valence-electron chi connectivity index (χ1n) is 14.5. The van der Waals surface area contributed by atoms with E-state index in [2.05, 4.69) is 25.7 Å². The second kappa shape index (κ2) is 25.1. The summed E-state index contributed by atoms with van der Waals surface area (Å²) in [6.45, 7) is 10.2. The van der Waals surface area contributed by atoms with Crippen LogP contribution in [-0.2, 0) is 4.79 Å². The summed E-state index contributed by atoms with van der Waals surface area (Å²) in [6, 6.07) is 0. The number of rotatable bonds is 26. The van der Waals surface area contributed by atoms with E-state index in [0.29, 0.717) is 6.42 Å². The highest BCUT2D eigenvalue weighted by molar-refractivity contribution is 5.66. The lowest BCUT2D eigenvalue weighted by molar-refractivity contribution is -0.137. The summed E-state index contributed by atoms with van der Waals surface area (Å²) in [5, 5.41) is 8.99. The molecule has 0 aromatic rings. The Kier molecular flexibility index (Phi) is 24.6. The molecule has 1 N–H and O–H groups in total. The minimum Gasteiger partial charge on any atom is -0.481 e. The number of aliphatic carboxylic acids is 1. The number of nitrogens with zero attached hydrogens (tertiary/aromatic N) is 1. The maximum absolute atomic E-state index is 10.9. The number of carbonyl (C=O) groups is 1. The van der Waals surface area contributed by atoms with E-state index in [-0.39, 0.29) is 0 Å². The largest absolute Gasteiger partial charge is 0.481 e. The summed E-state index contributed by atoms with van der Waals surface area (Å²) < 4.78 is 0. The number of carboxylic acids is 1. The molecule has 0 rings (SSSR count). The summed E-state index contributed by atoms with van der Waals surface area (Å²) in [4.78, 5) is 13.5. The van der Waals surface area contributed by atoms with Crippen molar-refractivity contribution in [2.75, 3.05) is 19.6 Å². The second-order valence-corrected chi connectivity index (χ2v) is 10.3. The SMILES string of the molecule is CCCCCCCCCCCCN(CCCC(=O)O)CC(C)CCCCCCCCCC. The van der Waals surface area contributed by atoms with Crippen LogP contribution in [0.5, 0.6) is 0 Å². The van der Waals surface area contributed by atoms with Crippen molar-refractivity contribution in [2.45, 2.75) is 156 Å². The van der Waals surface area contributed by atoms with Crippen molar-refractivity contribution >= 4 is 5.97 Å². The fourth-order valence-electron chi connectivity index (χ4n) is 4.73. The van der Waals surface area contributed by atoms with Gasteiger partial charge in [-0.15, -0.1) is 0 Å². The number of unbranched alkanes of at least 4 members (excludes halogenated alkanes) is 16. The number of hydrogen-bond donors (Lipinski definition) is 1. The molecule has 32 heavy (non-hydrogen) atoms. The van der Waals surface area contributed by atoms with Crippen molar-refractivity contribution in [1.29, 1.82) is 0 Å². The summed E-state index contributed by atoms with van der Waals surface area (Å²) in [6.07, 6.45) is 27.3. The second-order valence-electron chi connectivity index (χ2n) is 10.3. The zero-order valence-electron chi connectivity index (χ0n) is 22.4. The van der Waals surface area contributed by atoms with Gasteiger partial charge in [0.05, 0.1) is 0 Å². The monoisotopic (exact) mass is 453 g/mol. The molecular weight excluding hydrogens is 394 g/mol. The maximum atomic E-state index is 10.9. The molecule has 0 aromatic heterocycles. The fraction of sp³-hybridized carbons (Fsp3) is 0.966. The predicted octanol–water partition coefficient (Wildman–Crippen LogP) is 9.24. The Bertz CT molecular complexity index is 385. The van der Waals surface area contributed by atoms with Gasteiger partial charge in [-0.05, 0) is 38.3 Å². The molecule has 0 aliphatic rings. The van der Waals surface area contributed by atoms with Gasteiger partial charge in [0.2, 0.25) is 0 Å². The van der Waals surface area contributed by atoms with Gasteiger partial charge >= 0.3 is 5.97 Å². The zero-order chi connectivity index (χ0) is 23.7. The van der Waals surface area contributed by atoms with Crippen LogP contribution >= 0.6 is 0 Å². The van der Waals surface area contributed by atoms with Gasteiger partial charge in [-0.1, -0.05) is 130 Å². The maximum Gasteiger partial charge on any atom is 0.303 e. The Hall–Kier alpha value is -0.570. The smallest absolute Gasteiger partial charge is 0.303 e. The van der Waals surface area contributed by atoms with Crippen molar-refractivity contribution in [1.82, 2.24) is 4.90 Å². The molecule has 192 valence electrons. The van der Waals surface area contributed by atoms with Gasteiger partial charge in [0, 0.05) is 13.0 Å². The molecule has 3 nitrogen and oxygen atoms in total. The van der Waals surface area contributed by atoms with E-state index in [9.17, 15) is 4.79 Å². The van der Waals surface area contributed by atoms with Gasteiger partial charge in [-0.3, -0.25) is 4.79 Å². The van der Waals surface area contributed by atoms with Crippen LogP contribution in [0.15, 0.2) is 0 Å². The van der Waals surface area contributed by atoms with E-state index in [4.69, 9.17) is 5.11 Å². The van der Waals surface area contributed by atoms with Gasteiger partial charge < -0.3 is 10.0 Å². The van der Waals surface area contributed by atoms with Gasteiger partial charge in [-0.25, -0.2) is 0 Å². The number of hydrogen-bond acceptors (Lipinski definition) is 2. The summed E-state index contributed by atoms with van der Waals surface area (Å²) in [7, 11) is 0. The minimum absolute atomic E-state index is 0.306. The predicted molar refractivity (Wildman–Crippen MR) is 142 cm³/mol. The van der Waals surface area contributed by atoms with Crippen LogP contribution in [0.1, 0.15) is 156 Å². The van der Waals surface area contributed by atoms with Gasteiger partial charge in [-0.2, -0.15) is 0 Å². The minimum atomic E-state index is -0.657. The van der Waals surface area contributed by atoms with Crippen LogP contribution in [0.4, 0.5) is 0 Å². The molecule has 0 spiro atoms. The molecule has 0 amide bonds. The van der Waals surface area contributed by atoms with E-state index in [0.717, 1.165) is 32.0 Å². The first-order valence-corrected chi connectivity index (χ1v) is 14.5. The summed E-state index contributed by atoms with van der Waals surface area (Å²) in [5.41, 5.74) is 0. The van der Waals surface area contributed by atoms with Crippen LogP contribution in [0.25, 0.3) is 0 Å². The lowest BCUT2D eigenvalue weighted by Crippen LogP contribution is -2.31. The van der Waals surface area contributed by atoms with Crippen molar-refractivity contribution in [2.24, 2.45) is 5.92 Å². The average molecular weight is 454 g/mol. The Labute approximate surface area is 202 Å². The first kappa shape index (κ1) is 31.4. The third kappa shape index (κ3) is 24.1. The first-order chi connectivity index (χ1) is 15.6. The third-order valence-corrected chi connectivity index (χ3v) is 6.81. The topological polar surface area (TPSA) is 40.5 Å². The van der Waals surface area contributed by atoms with Crippen molar-refractivity contribution in [3.8, 4) is 0 Å². The molecule has 1 unspecified atom stereocenters.